The summed E-state index contributed by atoms with van der Waals surface area (Å²) in [7, 11) is 2.02. The smallest absolute Gasteiger partial charge is 0.376 e. The number of aromatic amines is 1. The molecule has 4 aromatic rings. The molecule has 2 aromatic heterocycles. The molecule has 0 saturated carbocycles. The molecule has 1 amide bonds. The van der Waals surface area contributed by atoms with Crippen molar-refractivity contribution in [3.63, 3.8) is 0 Å². The zero-order valence-corrected chi connectivity index (χ0v) is 24.9. The highest BCUT2D eigenvalue weighted by Gasteiger charge is 2.34. The predicted molar refractivity (Wildman–Crippen MR) is 162 cm³/mol. The number of H-pyrrole nitrogens is 1. The third-order valence-electron chi connectivity index (χ3n) is 8.33. The molecular weight excluding hydrogens is 585 g/mol. The van der Waals surface area contributed by atoms with Crippen LogP contribution in [-0.4, -0.2) is 89.5 Å². The molecule has 0 spiro atoms. The number of alkyl halides is 3. The first-order valence-corrected chi connectivity index (χ1v) is 14.9. The van der Waals surface area contributed by atoms with Gasteiger partial charge >= 0.3 is 6.18 Å². The van der Waals surface area contributed by atoms with E-state index in [4.69, 9.17) is 9.47 Å². The fourth-order valence-corrected chi connectivity index (χ4v) is 5.68. The molecule has 0 radical (unpaired) electrons. The highest BCUT2D eigenvalue weighted by atomic mass is 19.4. The summed E-state index contributed by atoms with van der Waals surface area (Å²) in [5.74, 6) is -0.291. The van der Waals surface area contributed by atoms with Gasteiger partial charge in [-0.15, -0.1) is 0 Å². The third kappa shape index (κ3) is 7.42. The Kier molecular flexibility index (Phi) is 9.27. The Bertz CT molecular complexity index is 1590. The second-order valence-electron chi connectivity index (χ2n) is 11.5. The van der Waals surface area contributed by atoms with Crippen molar-refractivity contribution < 1.29 is 27.4 Å². The van der Waals surface area contributed by atoms with E-state index in [-0.39, 0.29) is 31.2 Å². The van der Waals surface area contributed by atoms with Gasteiger partial charge in [-0.3, -0.25) is 19.8 Å². The van der Waals surface area contributed by atoms with Crippen LogP contribution < -0.4 is 5.32 Å². The van der Waals surface area contributed by atoms with Crippen LogP contribution >= 0.6 is 0 Å². The molecule has 0 aliphatic carbocycles. The normalized spacial score (nSPS) is 19.6. The van der Waals surface area contributed by atoms with Gasteiger partial charge in [0.05, 0.1) is 48.9 Å². The van der Waals surface area contributed by atoms with Crippen molar-refractivity contribution in [2.45, 2.75) is 31.5 Å². The molecule has 4 heterocycles. The van der Waals surface area contributed by atoms with E-state index in [9.17, 15) is 18.0 Å². The summed E-state index contributed by atoms with van der Waals surface area (Å²) in [6.45, 7) is 4.35. The fourth-order valence-electron chi connectivity index (χ4n) is 5.68. The van der Waals surface area contributed by atoms with E-state index in [1.165, 1.54) is 6.07 Å². The summed E-state index contributed by atoms with van der Waals surface area (Å²) < 4.78 is 54.0. The minimum absolute atomic E-state index is 0.256. The van der Waals surface area contributed by atoms with Crippen LogP contribution in [0, 0.1) is 0 Å². The highest BCUT2D eigenvalue weighted by molar-refractivity contribution is 6.00. The Morgan fingerprint density at radius 3 is 2.56 bits per heavy atom. The van der Waals surface area contributed by atoms with Crippen LogP contribution in [0.4, 0.5) is 13.2 Å². The second-order valence-corrected chi connectivity index (χ2v) is 11.5. The molecule has 2 aliphatic rings. The molecule has 45 heavy (non-hydrogen) atoms. The number of nitrogens with one attached hydrogen (secondary N) is 2. The van der Waals surface area contributed by atoms with Crippen LogP contribution in [0.25, 0.3) is 22.4 Å². The first-order valence-electron chi connectivity index (χ1n) is 14.9. The van der Waals surface area contributed by atoms with Crippen molar-refractivity contribution in [1.29, 1.82) is 0 Å². The van der Waals surface area contributed by atoms with Gasteiger partial charge in [-0.1, -0.05) is 36.4 Å². The largest absolute Gasteiger partial charge is 0.416 e. The Balaban J connectivity index is 1.08. The highest BCUT2D eigenvalue weighted by Crippen LogP contribution is 2.36. The van der Waals surface area contributed by atoms with Gasteiger partial charge in [-0.25, -0.2) is 0 Å². The Labute approximate surface area is 259 Å². The molecule has 2 saturated heterocycles. The van der Waals surface area contributed by atoms with Crippen LogP contribution in [0.1, 0.15) is 27.0 Å². The molecule has 2 N–H and O–H groups in total. The van der Waals surface area contributed by atoms with Crippen molar-refractivity contribution in [1.82, 2.24) is 30.3 Å². The van der Waals surface area contributed by atoms with Crippen molar-refractivity contribution in [3.8, 4) is 22.4 Å². The number of carbonyl (C=O) groups is 1. The number of hydrogen-bond acceptors (Lipinski definition) is 7. The molecule has 2 atom stereocenters. The maximum absolute atomic E-state index is 14.1. The second kappa shape index (κ2) is 13.5. The molecule has 236 valence electrons. The summed E-state index contributed by atoms with van der Waals surface area (Å²) in [4.78, 5) is 21.8. The third-order valence-corrected chi connectivity index (χ3v) is 8.33. The maximum Gasteiger partial charge on any atom is 0.416 e. The molecule has 6 rings (SSSR count). The molecular formula is C33H35F3N6O3. The number of benzene rings is 2. The van der Waals surface area contributed by atoms with E-state index in [0.29, 0.717) is 46.7 Å². The number of nitrogens with zero attached hydrogens (tertiary/aromatic N) is 4. The lowest BCUT2D eigenvalue weighted by atomic mass is 9.97. The van der Waals surface area contributed by atoms with Gasteiger partial charge in [-0.05, 0) is 47.5 Å². The lowest BCUT2D eigenvalue weighted by molar-refractivity contribution is -0.138. The molecule has 0 bridgehead atoms. The standard InChI is InChI=1S/C33H35F3N6O3/c1-41-11-13-42(14-12-41)18-25-9-8-24(15-28(25)33(34,35)36)23-6-4-22(5-7-23)19-45-30-21-44-20-29(30)40-32(43)27-3-2-10-37-31(27)26-16-38-39-17-26/h2-10,15-17,29-30H,11-14,18-21H2,1H3,(H,38,39)(H,40,43)/t29-,30-/m0/s1. The average Bonchev–Trinajstić information content (AvgIpc) is 3.74. The first kappa shape index (κ1) is 30.9. The van der Waals surface area contributed by atoms with E-state index in [1.807, 2.05) is 19.2 Å². The van der Waals surface area contributed by atoms with Gasteiger partial charge in [0.1, 0.15) is 6.10 Å². The topological polar surface area (TPSA) is 95.6 Å². The SMILES string of the molecule is CN1CCN(Cc2ccc(-c3ccc(CO[C@H]4COC[C@@H]4NC(=O)c4cccnc4-c4cn[nH]c4)cc3)cc2C(F)(F)F)CC1. The Hall–Kier alpha value is -4.10. The van der Waals surface area contributed by atoms with Crippen LogP contribution in [0.3, 0.4) is 0 Å². The van der Waals surface area contributed by atoms with E-state index < -0.39 is 11.7 Å². The number of rotatable bonds is 9. The summed E-state index contributed by atoms with van der Waals surface area (Å²) in [5.41, 5.74) is 3.40. The monoisotopic (exact) mass is 620 g/mol. The van der Waals surface area contributed by atoms with Gasteiger partial charge < -0.3 is 19.7 Å². The summed E-state index contributed by atoms with van der Waals surface area (Å²) in [5, 5.41) is 9.69. The molecule has 9 nitrogen and oxygen atoms in total. The number of hydrogen-bond donors (Lipinski definition) is 2. The molecule has 2 aliphatic heterocycles. The zero-order chi connectivity index (χ0) is 31.4. The maximum atomic E-state index is 14.1. The molecule has 0 unspecified atom stereocenters. The zero-order valence-electron chi connectivity index (χ0n) is 24.9. The minimum atomic E-state index is -4.45. The van der Waals surface area contributed by atoms with Crippen LogP contribution in [0.5, 0.6) is 0 Å². The number of aromatic nitrogens is 3. The van der Waals surface area contributed by atoms with Crippen molar-refractivity contribution in [2.24, 2.45) is 0 Å². The number of halogens is 3. The van der Waals surface area contributed by atoms with Crippen molar-refractivity contribution in [2.75, 3.05) is 46.4 Å². The van der Waals surface area contributed by atoms with Crippen molar-refractivity contribution >= 4 is 5.91 Å². The van der Waals surface area contributed by atoms with Crippen molar-refractivity contribution in [3.05, 3.63) is 95.4 Å². The summed E-state index contributed by atoms with van der Waals surface area (Å²) >= 11 is 0. The van der Waals surface area contributed by atoms with Gasteiger partial charge in [0, 0.05) is 50.7 Å². The number of amides is 1. The summed E-state index contributed by atoms with van der Waals surface area (Å²) in [6, 6.07) is 15.0. The van der Waals surface area contributed by atoms with Crippen LogP contribution in [0.15, 0.2) is 73.2 Å². The molecule has 12 heteroatoms. The first-order chi connectivity index (χ1) is 21.7. The van der Waals surface area contributed by atoms with Crippen LogP contribution in [-0.2, 0) is 28.8 Å². The van der Waals surface area contributed by atoms with Gasteiger partial charge in [-0.2, -0.15) is 18.3 Å². The Morgan fingerprint density at radius 2 is 1.82 bits per heavy atom. The van der Waals surface area contributed by atoms with Gasteiger partial charge in [0.25, 0.3) is 5.91 Å². The quantitative estimate of drug-likeness (QED) is 0.282. The Morgan fingerprint density at radius 1 is 1.04 bits per heavy atom. The predicted octanol–water partition coefficient (Wildman–Crippen LogP) is 4.62. The lowest BCUT2D eigenvalue weighted by Gasteiger charge is -2.33. The van der Waals surface area contributed by atoms with Crippen LogP contribution in [0.2, 0.25) is 0 Å². The molecule has 2 aromatic carbocycles. The lowest BCUT2D eigenvalue weighted by Crippen LogP contribution is -2.44. The number of piperazine rings is 1. The van der Waals surface area contributed by atoms with E-state index >= 15 is 0 Å². The number of carbonyl (C=O) groups excluding carboxylic acids is 1. The minimum Gasteiger partial charge on any atom is -0.376 e. The average molecular weight is 621 g/mol. The number of ether oxygens (including phenoxy) is 2. The van der Waals surface area contributed by atoms with Gasteiger partial charge in [0.15, 0.2) is 0 Å². The number of likely N-dealkylation sites (N-methyl/N-ethyl adjacent to an activating group) is 1. The van der Waals surface area contributed by atoms with Gasteiger partial charge in [0.2, 0.25) is 0 Å². The van der Waals surface area contributed by atoms with E-state index in [1.54, 1.807) is 55.0 Å². The van der Waals surface area contributed by atoms with E-state index in [2.05, 4.69) is 30.3 Å². The fraction of sp³-hybridized carbons (Fsp3) is 0.364. The molecule has 2 fully saturated rings. The van der Waals surface area contributed by atoms with E-state index in [0.717, 1.165) is 31.7 Å². The number of pyridine rings is 1. The summed E-state index contributed by atoms with van der Waals surface area (Å²) in [6.07, 6.45) is 0.0852.